The van der Waals surface area contributed by atoms with Crippen LogP contribution in [0.1, 0.15) is 0 Å². The molecule has 2 rings (SSSR count). The summed E-state index contributed by atoms with van der Waals surface area (Å²) in [6.45, 7) is -2.32. The molecule has 1 aromatic heterocycles. The molecule has 0 aliphatic carbocycles. The van der Waals surface area contributed by atoms with Gasteiger partial charge in [0.05, 0.1) is 16.0 Å². The minimum absolute atomic E-state index is 0.249. The number of alkyl halides is 3. The maximum absolute atomic E-state index is 13.1. The largest absolute Gasteiger partial charge is 0.427 e. The number of nitrogens with one attached hydrogen (secondary N) is 1. The lowest BCUT2D eigenvalue weighted by Gasteiger charge is -2.16. The van der Waals surface area contributed by atoms with Crippen LogP contribution in [-0.2, 0) is 10.9 Å². The maximum atomic E-state index is 13.1. The molecule has 11 nitrogen and oxygen atoms in total. The molecule has 1 aromatic carbocycles. The number of hydrogen-bond donors (Lipinski definition) is 3. The van der Waals surface area contributed by atoms with Gasteiger partial charge in [0.15, 0.2) is 6.67 Å². The summed E-state index contributed by atoms with van der Waals surface area (Å²) in [7, 11) is -4.90. The molecule has 0 aliphatic rings. The highest BCUT2D eigenvalue weighted by Gasteiger charge is 2.35. The zero-order valence-corrected chi connectivity index (χ0v) is 13.3. The lowest BCUT2D eigenvalue weighted by atomic mass is 10.2. The van der Waals surface area contributed by atoms with E-state index in [2.05, 4.69) is 4.74 Å². The monoisotopic (exact) mass is 399 g/mol. The van der Waals surface area contributed by atoms with E-state index in [-0.39, 0.29) is 4.57 Å². The third-order valence-electron chi connectivity index (χ3n) is 2.99. The molecule has 0 spiro atoms. The molecule has 0 amide bonds. The summed E-state index contributed by atoms with van der Waals surface area (Å²) in [4.78, 5) is 53.2. The van der Waals surface area contributed by atoms with E-state index >= 15 is 0 Å². The van der Waals surface area contributed by atoms with E-state index in [4.69, 9.17) is 9.79 Å². The van der Waals surface area contributed by atoms with Gasteiger partial charge in [0.25, 0.3) is 0 Å². The van der Waals surface area contributed by atoms with Gasteiger partial charge in [-0.05, 0) is 0 Å². The molecule has 0 radical (unpaired) electrons. The van der Waals surface area contributed by atoms with Crippen molar-refractivity contribution in [1.82, 2.24) is 9.55 Å². The predicted octanol–water partition coefficient (Wildman–Crippen LogP) is 0.674. The second-order valence-corrected chi connectivity index (χ2v) is 6.57. The lowest BCUT2D eigenvalue weighted by molar-refractivity contribution is -0.387. The number of nitrogens with zero attached hydrogens (tertiary/aromatic N) is 2. The van der Waals surface area contributed by atoms with Gasteiger partial charge in [-0.1, -0.05) is 0 Å². The second-order valence-electron chi connectivity index (χ2n) is 4.96. The molecule has 1 heterocycles. The van der Waals surface area contributed by atoms with Gasteiger partial charge >= 0.3 is 30.5 Å². The number of halogens is 3. The van der Waals surface area contributed by atoms with Crippen LogP contribution in [0.4, 0.5) is 18.9 Å². The number of fused-ring (bicyclic) bond motifs is 1. The zero-order valence-electron chi connectivity index (χ0n) is 12.4. The van der Waals surface area contributed by atoms with Crippen LogP contribution >= 0.6 is 7.60 Å². The van der Waals surface area contributed by atoms with Crippen LogP contribution in [0, 0.1) is 10.1 Å². The molecule has 0 bridgehead atoms. The third-order valence-corrected chi connectivity index (χ3v) is 3.64. The summed E-state index contributed by atoms with van der Waals surface area (Å²) in [6.07, 6.45) is -5.74. The highest BCUT2D eigenvalue weighted by Crippen LogP contribution is 2.38. The Morgan fingerprint density at radius 3 is 2.46 bits per heavy atom. The Kier molecular flexibility index (Phi) is 4.94. The third kappa shape index (κ3) is 4.09. The van der Waals surface area contributed by atoms with Gasteiger partial charge in [-0.25, -0.2) is 4.39 Å². The highest BCUT2D eigenvalue weighted by molar-refractivity contribution is 7.50. The van der Waals surface area contributed by atoms with Crippen molar-refractivity contribution in [3.05, 3.63) is 43.0 Å². The molecule has 0 aliphatic heterocycles. The van der Waals surface area contributed by atoms with E-state index in [0.29, 0.717) is 12.1 Å². The summed E-state index contributed by atoms with van der Waals surface area (Å²) < 4.78 is 53.9. The van der Waals surface area contributed by atoms with Gasteiger partial charge in [0, 0.05) is 12.1 Å². The molecule has 3 N–H and O–H groups in total. The fourth-order valence-corrected chi connectivity index (χ4v) is 2.68. The smallest absolute Gasteiger partial charge is 0.423 e. The first-order valence-corrected chi connectivity index (χ1v) is 8.27. The maximum Gasteiger partial charge on any atom is 0.427 e. The first-order valence-electron chi connectivity index (χ1n) is 6.47. The number of H-pyrrole nitrogens is 1. The number of aromatic amines is 1. The van der Waals surface area contributed by atoms with Gasteiger partial charge in [0.2, 0.25) is 5.75 Å². The summed E-state index contributed by atoms with van der Waals surface area (Å²) in [5, 5.41) is 11.0. The lowest BCUT2D eigenvalue weighted by Crippen LogP contribution is -2.36. The molecule has 0 atom stereocenters. The van der Waals surface area contributed by atoms with Gasteiger partial charge < -0.3 is 19.5 Å². The second kappa shape index (κ2) is 6.55. The molecular formula is C11H9F3N3O8P. The van der Waals surface area contributed by atoms with Crippen LogP contribution in [0.3, 0.4) is 0 Å². The predicted molar refractivity (Wildman–Crippen MR) is 79.1 cm³/mol. The Morgan fingerprint density at radius 1 is 1.35 bits per heavy atom. The molecule has 0 unspecified atom stereocenters. The average Bonchev–Trinajstić information content (AvgIpc) is 2.50. The van der Waals surface area contributed by atoms with Gasteiger partial charge in [-0.3, -0.25) is 28.8 Å². The Balaban J connectivity index is 2.86. The van der Waals surface area contributed by atoms with Gasteiger partial charge in [-0.2, -0.15) is 8.78 Å². The normalized spacial score (nSPS) is 12.3. The quantitative estimate of drug-likeness (QED) is 0.276. The molecule has 142 valence electrons. The standard InChI is InChI=1S/C11H9F3N3O8P/c12-3-11(13,14)25-8-2-6-5(1-7(8)17(20)21)15-9(18)10(19)16(6)4-26(22,23)24/h1-2H,3-4H2,(H,15,18)(H2,22,23,24). The van der Waals surface area contributed by atoms with Crippen molar-refractivity contribution < 1.29 is 37.2 Å². The minimum Gasteiger partial charge on any atom is -0.423 e. The van der Waals surface area contributed by atoms with Crippen molar-refractivity contribution in [2.24, 2.45) is 0 Å². The molecule has 0 fully saturated rings. The molecular weight excluding hydrogens is 390 g/mol. The fraction of sp³-hybridized carbons (Fsp3) is 0.273. The summed E-state index contributed by atoms with van der Waals surface area (Å²) in [5.41, 5.74) is -4.90. The van der Waals surface area contributed by atoms with Crippen LogP contribution in [0.2, 0.25) is 0 Å². The Labute approximate surface area is 139 Å². The molecule has 0 saturated heterocycles. The topological polar surface area (TPSA) is 165 Å². The SMILES string of the molecule is O=c1[nH]c2cc([N+](=O)[O-])c(OC(F)(F)CF)cc2n(CP(=O)(O)O)c1=O. The van der Waals surface area contributed by atoms with E-state index in [1.165, 1.54) is 0 Å². The number of ether oxygens (including phenoxy) is 1. The van der Waals surface area contributed by atoms with Crippen molar-refractivity contribution in [2.45, 2.75) is 12.4 Å². The van der Waals surface area contributed by atoms with Crippen molar-refractivity contribution in [3.63, 3.8) is 0 Å². The van der Waals surface area contributed by atoms with E-state index < -0.39 is 65.2 Å². The van der Waals surface area contributed by atoms with Crippen molar-refractivity contribution in [2.75, 3.05) is 6.67 Å². The Morgan fingerprint density at radius 2 is 1.96 bits per heavy atom. The minimum atomic E-state index is -4.90. The highest BCUT2D eigenvalue weighted by atomic mass is 31.2. The number of aromatic nitrogens is 2. The molecule has 26 heavy (non-hydrogen) atoms. The van der Waals surface area contributed by atoms with Crippen LogP contribution in [-0.4, -0.2) is 37.0 Å². The molecule has 15 heteroatoms. The van der Waals surface area contributed by atoms with Gasteiger partial charge in [-0.15, -0.1) is 0 Å². The Hall–Kier alpha value is -2.70. The summed E-state index contributed by atoms with van der Waals surface area (Å²) in [5.74, 6) is -1.17. The number of hydrogen-bond acceptors (Lipinski definition) is 6. The first kappa shape index (κ1) is 19.6. The van der Waals surface area contributed by atoms with E-state index in [0.717, 1.165) is 0 Å². The first-order chi connectivity index (χ1) is 11.8. The van der Waals surface area contributed by atoms with Crippen LogP contribution in [0.5, 0.6) is 5.75 Å². The van der Waals surface area contributed by atoms with E-state index in [1.54, 1.807) is 0 Å². The van der Waals surface area contributed by atoms with E-state index in [1.807, 2.05) is 4.98 Å². The number of benzene rings is 1. The van der Waals surface area contributed by atoms with E-state index in [9.17, 15) is 37.4 Å². The summed E-state index contributed by atoms with van der Waals surface area (Å²) in [6, 6.07) is 1.01. The average molecular weight is 399 g/mol. The number of nitro groups is 1. The van der Waals surface area contributed by atoms with Crippen molar-refractivity contribution >= 4 is 24.3 Å². The number of rotatable bonds is 6. The van der Waals surface area contributed by atoms with Crippen LogP contribution in [0.25, 0.3) is 11.0 Å². The van der Waals surface area contributed by atoms with Crippen molar-refractivity contribution in [3.8, 4) is 5.75 Å². The molecule has 2 aromatic rings. The fourth-order valence-electron chi connectivity index (χ4n) is 2.03. The Bertz CT molecular complexity index is 1040. The number of nitro benzene ring substituents is 1. The van der Waals surface area contributed by atoms with Crippen LogP contribution in [0.15, 0.2) is 21.7 Å². The molecule has 0 saturated carbocycles. The van der Waals surface area contributed by atoms with Crippen molar-refractivity contribution in [1.29, 1.82) is 0 Å². The summed E-state index contributed by atoms with van der Waals surface area (Å²) >= 11 is 0. The zero-order chi connectivity index (χ0) is 19.9. The van der Waals surface area contributed by atoms with Crippen LogP contribution < -0.4 is 15.9 Å². The van der Waals surface area contributed by atoms with Gasteiger partial charge in [0.1, 0.15) is 6.29 Å².